The quantitative estimate of drug-likeness (QED) is 0.791. The number of nitrogens with zero attached hydrogens (tertiary/aromatic N) is 2. The fourth-order valence-corrected chi connectivity index (χ4v) is 2.33. The maximum atomic E-state index is 5.32. The van der Waals surface area contributed by atoms with Crippen LogP contribution in [0.2, 0.25) is 0 Å². The summed E-state index contributed by atoms with van der Waals surface area (Å²) in [4.78, 5) is 2.21. The van der Waals surface area contributed by atoms with Gasteiger partial charge in [0.15, 0.2) is 0 Å². The lowest BCUT2D eigenvalue weighted by atomic mass is 10.2. The number of benzene rings is 1. The molecule has 102 valence electrons. The first-order valence-corrected chi connectivity index (χ1v) is 6.59. The Bertz CT molecular complexity index is 569. The SMILES string of the molecule is C=Cc1cn(CCCN(C)C)c2cc(OC)ccc12. The van der Waals surface area contributed by atoms with Crippen LogP contribution in [0, 0.1) is 0 Å². The zero-order chi connectivity index (χ0) is 13.8. The van der Waals surface area contributed by atoms with E-state index >= 15 is 0 Å². The lowest BCUT2D eigenvalue weighted by molar-refractivity contribution is 0.388. The van der Waals surface area contributed by atoms with E-state index in [2.05, 4.69) is 48.5 Å². The van der Waals surface area contributed by atoms with Gasteiger partial charge in [-0.3, -0.25) is 0 Å². The van der Waals surface area contributed by atoms with Crippen molar-refractivity contribution in [2.24, 2.45) is 0 Å². The smallest absolute Gasteiger partial charge is 0.120 e. The van der Waals surface area contributed by atoms with Gasteiger partial charge in [0.25, 0.3) is 0 Å². The first-order valence-electron chi connectivity index (χ1n) is 6.59. The molecule has 0 aliphatic heterocycles. The minimum atomic E-state index is 0.898. The molecule has 0 spiro atoms. The summed E-state index contributed by atoms with van der Waals surface area (Å²) in [5, 5.41) is 1.24. The van der Waals surface area contributed by atoms with E-state index in [1.54, 1.807) is 7.11 Å². The molecule has 3 heteroatoms. The second-order valence-electron chi connectivity index (χ2n) is 5.02. The third kappa shape index (κ3) is 2.99. The number of hydrogen-bond acceptors (Lipinski definition) is 2. The number of hydrogen-bond donors (Lipinski definition) is 0. The number of aryl methyl sites for hydroxylation is 1. The average Bonchev–Trinajstić information content (AvgIpc) is 2.76. The van der Waals surface area contributed by atoms with Crippen molar-refractivity contribution in [1.82, 2.24) is 9.47 Å². The van der Waals surface area contributed by atoms with Crippen LogP contribution < -0.4 is 4.74 Å². The van der Waals surface area contributed by atoms with E-state index in [1.807, 2.05) is 12.1 Å². The summed E-state index contributed by atoms with van der Waals surface area (Å²) in [5.74, 6) is 0.898. The van der Waals surface area contributed by atoms with Crippen LogP contribution in [0.4, 0.5) is 0 Å². The molecule has 1 aromatic carbocycles. The molecule has 2 aromatic rings. The van der Waals surface area contributed by atoms with Crippen molar-refractivity contribution >= 4 is 17.0 Å². The molecule has 1 heterocycles. The first kappa shape index (κ1) is 13.7. The molecule has 0 saturated carbocycles. The van der Waals surface area contributed by atoms with Gasteiger partial charge in [0.1, 0.15) is 5.75 Å². The monoisotopic (exact) mass is 258 g/mol. The lowest BCUT2D eigenvalue weighted by Crippen LogP contribution is -2.14. The van der Waals surface area contributed by atoms with Crippen molar-refractivity contribution in [1.29, 1.82) is 0 Å². The first-order chi connectivity index (χ1) is 9.15. The van der Waals surface area contributed by atoms with Gasteiger partial charge in [0.2, 0.25) is 0 Å². The van der Waals surface area contributed by atoms with E-state index < -0.39 is 0 Å². The second kappa shape index (κ2) is 5.93. The lowest BCUT2D eigenvalue weighted by Gasteiger charge is -2.10. The molecular formula is C16H22N2O. The van der Waals surface area contributed by atoms with E-state index in [9.17, 15) is 0 Å². The Kier molecular flexibility index (Phi) is 4.27. The van der Waals surface area contributed by atoms with Gasteiger partial charge in [-0.05, 0) is 44.8 Å². The highest BCUT2D eigenvalue weighted by molar-refractivity contribution is 5.90. The van der Waals surface area contributed by atoms with Crippen molar-refractivity contribution < 1.29 is 4.74 Å². The minimum absolute atomic E-state index is 0.898. The molecule has 2 rings (SSSR count). The van der Waals surface area contributed by atoms with E-state index in [4.69, 9.17) is 4.74 Å². The fraction of sp³-hybridized carbons (Fsp3) is 0.375. The zero-order valence-electron chi connectivity index (χ0n) is 12.0. The van der Waals surface area contributed by atoms with Crippen LogP contribution in [0.15, 0.2) is 31.0 Å². The highest BCUT2D eigenvalue weighted by Crippen LogP contribution is 2.26. The van der Waals surface area contributed by atoms with Crippen LogP contribution in [-0.2, 0) is 6.54 Å². The van der Waals surface area contributed by atoms with Gasteiger partial charge in [-0.15, -0.1) is 0 Å². The summed E-state index contributed by atoms with van der Waals surface area (Å²) < 4.78 is 7.61. The van der Waals surface area contributed by atoms with E-state index in [0.717, 1.165) is 25.3 Å². The molecule has 0 radical (unpaired) electrons. The summed E-state index contributed by atoms with van der Waals surface area (Å²) in [6.07, 6.45) is 5.22. The van der Waals surface area contributed by atoms with Crippen LogP contribution in [0.5, 0.6) is 5.75 Å². The van der Waals surface area contributed by atoms with Gasteiger partial charge in [-0.1, -0.05) is 12.7 Å². The third-order valence-corrected chi connectivity index (χ3v) is 3.34. The van der Waals surface area contributed by atoms with Crippen molar-refractivity contribution in [2.45, 2.75) is 13.0 Å². The summed E-state index contributed by atoms with van der Waals surface area (Å²) in [7, 11) is 5.91. The average molecular weight is 258 g/mol. The normalized spacial score (nSPS) is 11.2. The van der Waals surface area contributed by atoms with Crippen molar-refractivity contribution in [3.05, 3.63) is 36.5 Å². The van der Waals surface area contributed by atoms with Crippen molar-refractivity contribution in [3.63, 3.8) is 0 Å². The topological polar surface area (TPSA) is 17.4 Å². The Balaban J connectivity index is 2.33. The molecule has 3 nitrogen and oxygen atoms in total. The molecule has 0 amide bonds. The molecule has 0 atom stereocenters. The summed E-state index contributed by atoms with van der Waals surface area (Å²) in [5.41, 5.74) is 2.40. The molecule has 0 fully saturated rings. The van der Waals surface area contributed by atoms with Gasteiger partial charge in [-0.25, -0.2) is 0 Å². The predicted molar refractivity (Wildman–Crippen MR) is 81.8 cm³/mol. The van der Waals surface area contributed by atoms with Crippen LogP contribution in [-0.4, -0.2) is 37.2 Å². The minimum Gasteiger partial charge on any atom is -0.497 e. The second-order valence-corrected chi connectivity index (χ2v) is 5.02. The van der Waals surface area contributed by atoms with Crippen LogP contribution in [0.3, 0.4) is 0 Å². The molecule has 0 bridgehead atoms. The van der Waals surface area contributed by atoms with Crippen molar-refractivity contribution in [2.75, 3.05) is 27.7 Å². The maximum Gasteiger partial charge on any atom is 0.120 e. The van der Waals surface area contributed by atoms with Gasteiger partial charge in [-0.2, -0.15) is 0 Å². The Morgan fingerprint density at radius 1 is 1.37 bits per heavy atom. The largest absolute Gasteiger partial charge is 0.497 e. The number of fused-ring (bicyclic) bond motifs is 1. The van der Waals surface area contributed by atoms with Gasteiger partial charge in [0, 0.05) is 24.2 Å². The molecule has 0 aliphatic carbocycles. The van der Waals surface area contributed by atoms with Gasteiger partial charge in [0.05, 0.1) is 12.6 Å². The third-order valence-electron chi connectivity index (χ3n) is 3.34. The van der Waals surface area contributed by atoms with E-state index in [0.29, 0.717) is 0 Å². The van der Waals surface area contributed by atoms with Gasteiger partial charge >= 0.3 is 0 Å². The fourth-order valence-electron chi connectivity index (χ4n) is 2.33. The molecule has 1 aromatic heterocycles. The Morgan fingerprint density at radius 3 is 2.79 bits per heavy atom. The summed E-state index contributed by atoms with van der Waals surface area (Å²) in [6, 6.07) is 6.20. The number of aromatic nitrogens is 1. The number of rotatable bonds is 6. The number of ether oxygens (including phenoxy) is 1. The molecule has 0 N–H and O–H groups in total. The van der Waals surface area contributed by atoms with Crippen molar-refractivity contribution in [3.8, 4) is 5.75 Å². The molecular weight excluding hydrogens is 236 g/mol. The highest BCUT2D eigenvalue weighted by Gasteiger charge is 2.07. The Labute approximate surface area is 115 Å². The van der Waals surface area contributed by atoms with E-state index in [1.165, 1.54) is 16.5 Å². The predicted octanol–water partition coefficient (Wildman–Crippen LogP) is 3.24. The Hall–Kier alpha value is -1.74. The molecule has 19 heavy (non-hydrogen) atoms. The molecule has 0 aliphatic rings. The number of methoxy groups -OCH3 is 1. The van der Waals surface area contributed by atoms with Gasteiger partial charge < -0.3 is 14.2 Å². The zero-order valence-corrected chi connectivity index (χ0v) is 12.0. The van der Waals surface area contributed by atoms with Crippen LogP contribution >= 0.6 is 0 Å². The van der Waals surface area contributed by atoms with Crippen LogP contribution in [0.1, 0.15) is 12.0 Å². The molecule has 0 unspecified atom stereocenters. The summed E-state index contributed by atoms with van der Waals surface area (Å²) >= 11 is 0. The van der Waals surface area contributed by atoms with E-state index in [-0.39, 0.29) is 0 Å². The van der Waals surface area contributed by atoms with Crippen LogP contribution in [0.25, 0.3) is 17.0 Å². The summed E-state index contributed by atoms with van der Waals surface area (Å²) in [6.45, 7) is 5.99. The Morgan fingerprint density at radius 2 is 2.16 bits per heavy atom. The maximum absolute atomic E-state index is 5.32. The molecule has 0 saturated heterocycles. The standard InChI is InChI=1S/C16H22N2O/c1-5-13-12-18(10-6-9-17(2)3)16-11-14(19-4)7-8-15(13)16/h5,7-8,11-12H,1,6,9-10H2,2-4H3. The highest BCUT2D eigenvalue weighted by atomic mass is 16.5.